The standard InChI is InChI=1S/C12H9N4OS/c1-17-9-4-2-8(3-5-9)10-11(15-16-14-10)12-13-6-7-18-12/h2-7H,1H3. The van der Waals surface area contributed by atoms with Gasteiger partial charge in [-0.05, 0) is 29.8 Å². The third kappa shape index (κ3) is 1.86. The van der Waals surface area contributed by atoms with E-state index in [9.17, 15) is 0 Å². The Labute approximate surface area is 108 Å². The first-order valence-corrected chi connectivity index (χ1v) is 6.17. The lowest BCUT2D eigenvalue weighted by atomic mass is 10.1. The van der Waals surface area contributed by atoms with Gasteiger partial charge in [0.05, 0.1) is 7.11 Å². The van der Waals surface area contributed by atoms with Crippen molar-refractivity contribution < 1.29 is 4.74 Å². The first-order chi connectivity index (χ1) is 8.88. The molecule has 18 heavy (non-hydrogen) atoms. The fourth-order valence-electron chi connectivity index (χ4n) is 1.63. The van der Waals surface area contributed by atoms with Crippen LogP contribution in [0.5, 0.6) is 5.75 Å². The molecule has 0 aliphatic carbocycles. The Hall–Kier alpha value is -2.21. The van der Waals surface area contributed by atoms with Crippen LogP contribution in [-0.4, -0.2) is 23.5 Å². The van der Waals surface area contributed by atoms with Crippen LogP contribution in [0.1, 0.15) is 10.6 Å². The molecule has 0 saturated heterocycles. The summed E-state index contributed by atoms with van der Waals surface area (Å²) in [5.74, 6) is 0.807. The molecular weight excluding hydrogens is 248 g/mol. The maximum absolute atomic E-state index is 5.13. The van der Waals surface area contributed by atoms with Crippen molar-refractivity contribution in [1.82, 2.24) is 10.5 Å². The molecule has 1 aromatic heterocycles. The largest absolute Gasteiger partial charge is 0.497 e. The number of thiazole rings is 1. The van der Waals surface area contributed by atoms with E-state index in [0.717, 1.165) is 27.7 Å². The van der Waals surface area contributed by atoms with Crippen LogP contribution < -0.4 is 10.3 Å². The predicted octanol–water partition coefficient (Wildman–Crippen LogP) is 1.88. The lowest BCUT2D eigenvalue weighted by Crippen LogP contribution is -2.13. The van der Waals surface area contributed by atoms with Crippen molar-refractivity contribution >= 4 is 22.8 Å². The van der Waals surface area contributed by atoms with Crippen LogP contribution in [0.4, 0.5) is 0 Å². The maximum Gasteiger partial charge on any atom is 0.151 e. The summed E-state index contributed by atoms with van der Waals surface area (Å²) in [5, 5.41) is 10.8. The highest BCUT2D eigenvalue weighted by Gasteiger charge is 2.21. The zero-order valence-corrected chi connectivity index (χ0v) is 10.4. The molecule has 6 heteroatoms. The molecule has 0 N–H and O–H groups in total. The highest BCUT2D eigenvalue weighted by Crippen LogP contribution is 2.17. The lowest BCUT2D eigenvalue weighted by Gasteiger charge is -2.03. The topological polar surface area (TPSA) is 60.9 Å². The summed E-state index contributed by atoms with van der Waals surface area (Å²) in [7, 11) is 1.64. The van der Waals surface area contributed by atoms with Gasteiger partial charge in [-0.15, -0.1) is 21.5 Å². The molecule has 1 radical (unpaired) electrons. The molecule has 1 aromatic carbocycles. The van der Waals surface area contributed by atoms with Gasteiger partial charge in [0.1, 0.15) is 16.5 Å². The normalized spacial score (nSPS) is 13.8. The van der Waals surface area contributed by atoms with Crippen molar-refractivity contribution in [3.05, 3.63) is 46.4 Å². The van der Waals surface area contributed by atoms with Gasteiger partial charge in [-0.2, -0.15) is 0 Å². The van der Waals surface area contributed by atoms with Gasteiger partial charge < -0.3 is 4.74 Å². The first-order valence-electron chi connectivity index (χ1n) is 5.29. The molecule has 0 spiro atoms. The van der Waals surface area contributed by atoms with Crippen molar-refractivity contribution in [3.8, 4) is 5.75 Å². The summed E-state index contributed by atoms with van der Waals surface area (Å²) in [6, 6.07) is 7.63. The molecule has 1 aliphatic heterocycles. The van der Waals surface area contributed by atoms with Crippen LogP contribution in [0.3, 0.4) is 0 Å². The molecule has 2 aromatic rings. The molecule has 0 unspecified atom stereocenters. The Morgan fingerprint density at radius 2 is 1.83 bits per heavy atom. The van der Waals surface area contributed by atoms with E-state index in [0.29, 0.717) is 0 Å². The third-order valence-electron chi connectivity index (χ3n) is 2.51. The van der Waals surface area contributed by atoms with Crippen LogP contribution in [-0.2, 0) is 0 Å². The molecule has 1 aliphatic rings. The van der Waals surface area contributed by atoms with Gasteiger partial charge >= 0.3 is 0 Å². The van der Waals surface area contributed by atoms with E-state index < -0.39 is 0 Å². The fraction of sp³-hybridized carbons (Fsp3) is 0.0833. The van der Waals surface area contributed by atoms with Crippen LogP contribution in [0, 0.1) is 0 Å². The molecule has 0 saturated carbocycles. The summed E-state index contributed by atoms with van der Waals surface area (Å²) in [6.45, 7) is 0. The smallest absolute Gasteiger partial charge is 0.151 e. The van der Waals surface area contributed by atoms with Gasteiger partial charge in [-0.25, -0.2) is 4.98 Å². The van der Waals surface area contributed by atoms with Gasteiger partial charge in [0, 0.05) is 17.1 Å². The van der Waals surface area contributed by atoms with Crippen molar-refractivity contribution in [2.75, 3.05) is 7.11 Å². The van der Waals surface area contributed by atoms with E-state index in [4.69, 9.17) is 4.74 Å². The molecular formula is C12H9N4OS. The summed E-state index contributed by atoms with van der Waals surface area (Å²) in [4.78, 5) is 4.23. The average Bonchev–Trinajstić information content (AvgIpc) is 3.09. The van der Waals surface area contributed by atoms with E-state index in [1.165, 1.54) is 11.3 Å². The summed E-state index contributed by atoms with van der Waals surface area (Å²) >= 11 is 1.52. The number of rotatable bonds is 3. The van der Waals surface area contributed by atoms with Crippen molar-refractivity contribution in [3.63, 3.8) is 0 Å². The number of aromatic nitrogens is 1. The van der Waals surface area contributed by atoms with Crippen molar-refractivity contribution in [2.24, 2.45) is 10.2 Å². The summed E-state index contributed by atoms with van der Waals surface area (Å²) < 4.78 is 5.13. The van der Waals surface area contributed by atoms with Crippen molar-refractivity contribution in [2.45, 2.75) is 0 Å². The molecule has 89 valence electrons. The van der Waals surface area contributed by atoms with Crippen LogP contribution >= 0.6 is 11.3 Å². The number of methoxy groups -OCH3 is 1. The molecule has 0 amide bonds. The minimum atomic E-state index is 0.718. The van der Waals surface area contributed by atoms with E-state index in [2.05, 4.69) is 20.7 Å². The predicted molar refractivity (Wildman–Crippen MR) is 70.3 cm³/mol. The average molecular weight is 257 g/mol. The van der Waals surface area contributed by atoms with Gasteiger partial charge in [-0.3, -0.25) is 0 Å². The SMILES string of the molecule is COc1ccc(C2=N[N]N=C2c2nccs2)cc1. The number of ether oxygens (including phenoxy) is 1. The maximum atomic E-state index is 5.13. The van der Waals surface area contributed by atoms with Gasteiger partial charge in [0.25, 0.3) is 0 Å². The molecule has 2 heterocycles. The van der Waals surface area contributed by atoms with E-state index in [-0.39, 0.29) is 0 Å². The lowest BCUT2D eigenvalue weighted by molar-refractivity contribution is 0.415. The molecule has 0 bridgehead atoms. The van der Waals surface area contributed by atoms with Gasteiger partial charge in [0.15, 0.2) is 5.71 Å². The van der Waals surface area contributed by atoms with Crippen LogP contribution in [0.2, 0.25) is 0 Å². The van der Waals surface area contributed by atoms with Gasteiger partial charge in [-0.1, -0.05) is 0 Å². The second-order valence-electron chi connectivity index (χ2n) is 3.55. The van der Waals surface area contributed by atoms with Crippen LogP contribution in [0.25, 0.3) is 0 Å². The number of hydrogen-bond donors (Lipinski definition) is 0. The molecule has 0 atom stereocenters. The quantitative estimate of drug-likeness (QED) is 0.842. The Morgan fingerprint density at radius 1 is 1.06 bits per heavy atom. The van der Waals surface area contributed by atoms with Crippen molar-refractivity contribution in [1.29, 1.82) is 0 Å². The third-order valence-corrected chi connectivity index (χ3v) is 3.29. The summed E-state index contributed by atoms with van der Waals surface area (Å²) in [6.07, 6.45) is 1.74. The van der Waals surface area contributed by atoms with E-state index >= 15 is 0 Å². The Balaban J connectivity index is 1.94. The zero-order valence-electron chi connectivity index (χ0n) is 9.57. The molecule has 0 fully saturated rings. The van der Waals surface area contributed by atoms with Crippen LogP contribution in [0.15, 0.2) is 46.0 Å². The second kappa shape index (κ2) is 4.58. The van der Waals surface area contributed by atoms with E-state index in [1.54, 1.807) is 13.3 Å². The monoisotopic (exact) mass is 257 g/mol. The Kier molecular flexibility index (Phi) is 2.77. The fourth-order valence-corrected chi connectivity index (χ4v) is 2.26. The van der Waals surface area contributed by atoms with Gasteiger partial charge in [0.2, 0.25) is 0 Å². The summed E-state index contributed by atoms with van der Waals surface area (Å²) in [5.41, 5.74) is 6.14. The number of hydrogen-bond acceptors (Lipinski definition) is 5. The minimum absolute atomic E-state index is 0.718. The van der Waals surface area contributed by atoms with E-state index in [1.807, 2.05) is 29.6 Å². The minimum Gasteiger partial charge on any atom is -0.497 e. The highest BCUT2D eigenvalue weighted by atomic mass is 32.1. The Bertz CT molecular complexity index is 602. The number of benzene rings is 1. The number of nitrogens with zero attached hydrogens (tertiary/aromatic N) is 4. The highest BCUT2D eigenvalue weighted by molar-refractivity contribution is 7.12. The molecule has 5 nitrogen and oxygen atoms in total. The molecule has 3 rings (SSSR count). The second-order valence-corrected chi connectivity index (χ2v) is 4.45. The Morgan fingerprint density at radius 3 is 2.50 bits per heavy atom. The first kappa shape index (κ1) is 10.9. The zero-order chi connectivity index (χ0) is 12.4.